The Hall–Kier alpha value is -2.98. The summed E-state index contributed by atoms with van der Waals surface area (Å²) in [6, 6.07) is 10.4. The summed E-state index contributed by atoms with van der Waals surface area (Å²) < 4.78 is 5.45. The zero-order valence-electron chi connectivity index (χ0n) is 12.9. The molecule has 9 nitrogen and oxygen atoms in total. The van der Waals surface area contributed by atoms with Gasteiger partial charge in [0, 0.05) is 22.9 Å². The zero-order chi connectivity index (χ0) is 18.7. The van der Waals surface area contributed by atoms with Gasteiger partial charge in [0.1, 0.15) is 0 Å². The molecule has 0 saturated heterocycles. The van der Waals surface area contributed by atoms with E-state index in [1.807, 2.05) is 18.2 Å². The first-order valence-corrected chi connectivity index (χ1v) is 8.44. The lowest BCUT2D eigenvalue weighted by molar-refractivity contribution is -0.394. The first-order chi connectivity index (χ1) is 12.4. The molecule has 26 heavy (non-hydrogen) atoms. The molecule has 0 radical (unpaired) electrons. The fraction of sp³-hybridized carbons (Fsp3) is 0.0667. The van der Waals surface area contributed by atoms with Crippen molar-refractivity contribution < 1.29 is 14.3 Å². The minimum absolute atomic E-state index is 0.0431. The van der Waals surface area contributed by atoms with Crippen LogP contribution in [0.3, 0.4) is 0 Å². The van der Waals surface area contributed by atoms with Crippen molar-refractivity contribution in [1.29, 1.82) is 0 Å². The highest BCUT2D eigenvalue weighted by Crippen LogP contribution is 2.31. The second kappa shape index (κ2) is 7.50. The van der Waals surface area contributed by atoms with Gasteiger partial charge in [-0.2, -0.15) is 0 Å². The maximum absolute atomic E-state index is 11.0. The minimum atomic E-state index is -0.722. The minimum Gasteiger partial charge on any atom is -0.411 e. The van der Waals surface area contributed by atoms with E-state index in [1.54, 1.807) is 6.07 Å². The van der Waals surface area contributed by atoms with Crippen LogP contribution in [-0.4, -0.2) is 20.0 Å². The van der Waals surface area contributed by atoms with Crippen LogP contribution in [0.25, 0.3) is 11.5 Å². The number of non-ortho nitro benzene ring substituents is 2. The van der Waals surface area contributed by atoms with Crippen molar-refractivity contribution in [2.75, 3.05) is 0 Å². The van der Waals surface area contributed by atoms with Gasteiger partial charge in [-0.15, -0.1) is 10.2 Å². The molecule has 11 heteroatoms. The molecule has 0 saturated carbocycles. The van der Waals surface area contributed by atoms with E-state index in [1.165, 1.54) is 11.8 Å². The van der Waals surface area contributed by atoms with Crippen molar-refractivity contribution in [3.63, 3.8) is 0 Å². The average molecular weight is 393 g/mol. The van der Waals surface area contributed by atoms with Crippen molar-refractivity contribution in [1.82, 2.24) is 10.2 Å². The molecule has 0 aliphatic rings. The van der Waals surface area contributed by atoms with Crippen LogP contribution in [0.15, 0.2) is 52.1 Å². The molecule has 0 spiro atoms. The summed E-state index contributed by atoms with van der Waals surface area (Å²) in [7, 11) is 0. The molecule has 2 aromatic carbocycles. The van der Waals surface area contributed by atoms with Crippen LogP contribution in [0.4, 0.5) is 11.4 Å². The second-order valence-electron chi connectivity index (χ2n) is 5.01. The Kier molecular flexibility index (Phi) is 5.14. The standard InChI is InChI=1S/C15H9ClN4O5S/c16-13-4-2-1-3-9(13)8-26-15-18-17-14(25-15)10-5-11(19(21)22)7-12(6-10)20(23)24/h1-7H,8H2. The molecular formula is C15H9ClN4O5S. The summed E-state index contributed by atoms with van der Waals surface area (Å²) in [5.74, 6) is 0.439. The molecule has 0 atom stereocenters. The Morgan fingerprint density at radius 3 is 2.31 bits per heavy atom. The van der Waals surface area contributed by atoms with Crippen molar-refractivity contribution in [2.24, 2.45) is 0 Å². The number of thioether (sulfide) groups is 1. The van der Waals surface area contributed by atoms with Crippen LogP contribution in [0, 0.1) is 20.2 Å². The van der Waals surface area contributed by atoms with E-state index in [0.29, 0.717) is 10.8 Å². The molecule has 0 amide bonds. The van der Waals surface area contributed by atoms with Crippen LogP contribution in [0.2, 0.25) is 5.02 Å². The molecule has 0 N–H and O–H groups in total. The Bertz CT molecular complexity index is 961. The highest BCUT2D eigenvalue weighted by molar-refractivity contribution is 7.98. The quantitative estimate of drug-likeness (QED) is 0.341. The van der Waals surface area contributed by atoms with E-state index in [9.17, 15) is 20.2 Å². The van der Waals surface area contributed by atoms with Gasteiger partial charge in [0.05, 0.1) is 21.5 Å². The van der Waals surface area contributed by atoms with Crippen LogP contribution in [-0.2, 0) is 5.75 Å². The molecule has 0 bridgehead atoms. The van der Waals surface area contributed by atoms with Gasteiger partial charge >= 0.3 is 0 Å². The van der Waals surface area contributed by atoms with Gasteiger partial charge in [-0.1, -0.05) is 41.6 Å². The first kappa shape index (κ1) is 17.8. The van der Waals surface area contributed by atoms with Crippen molar-refractivity contribution in [3.05, 3.63) is 73.3 Å². The van der Waals surface area contributed by atoms with E-state index in [-0.39, 0.29) is 16.7 Å². The monoisotopic (exact) mass is 392 g/mol. The summed E-state index contributed by atoms with van der Waals surface area (Å²) >= 11 is 7.31. The summed E-state index contributed by atoms with van der Waals surface area (Å²) in [4.78, 5) is 20.5. The van der Waals surface area contributed by atoms with Gasteiger partial charge < -0.3 is 4.42 Å². The van der Waals surface area contributed by atoms with Crippen LogP contribution in [0.5, 0.6) is 0 Å². The fourth-order valence-electron chi connectivity index (χ4n) is 2.07. The van der Waals surface area contributed by atoms with Crippen molar-refractivity contribution in [3.8, 4) is 11.5 Å². The lowest BCUT2D eigenvalue weighted by Crippen LogP contribution is -1.94. The van der Waals surface area contributed by atoms with Gasteiger partial charge in [-0.3, -0.25) is 20.2 Å². The number of nitro benzene ring substituents is 2. The highest BCUT2D eigenvalue weighted by atomic mass is 35.5. The third kappa shape index (κ3) is 3.98. The molecule has 3 rings (SSSR count). The van der Waals surface area contributed by atoms with Gasteiger partial charge in [-0.25, -0.2) is 0 Å². The summed E-state index contributed by atoms with van der Waals surface area (Å²) in [6.07, 6.45) is 0. The van der Waals surface area contributed by atoms with Gasteiger partial charge in [0.25, 0.3) is 16.6 Å². The molecule has 0 aliphatic carbocycles. The number of halogens is 1. The van der Waals surface area contributed by atoms with Crippen LogP contribution in [0.1, 0.15) is 5.56 Å². The normalized spacial score (nSPS) is 10.7. The second-order valence-corrected chi connectivity index (χ2v) is 6.34. The summed E-state index contributed by atoms with van der Waals surface area (Å²) in [6.45, 7) is 0. The lowest BCUT2D eigenvalue weighted by atomic mass is 10.2. The third-order valence-corrected chi connectivity index (χ3v) is 4.52. The van der Waals surface area contributed by atoms with Crippen LogP contribution >= 0.6 is 23.4 Å². The maximum Gasteiger partial charge on any atom is 0.277 e. The number of nitrogens with zero attached hydrogens (tertiary/aromatic N) is 4. The number of nitro groups is 2. The Balaban J connectivity index is 1.84. The largest absolute Gasteiger partial charge is 0.411 e. The van der Waals surface area contributed by atoms with Gasteiger partial charge in [0.2, 0.25) is 5.89 Å². The van der Waals surface area contributed by atoms with Crippen molar-refractivity contribution in [2.45, 2.75) is 11.0 Å². The fourth-order valence-corrected chi connectivity index (χ4v) is 3.12. The van der Waals surface area contributed by atoms with Crippen LogP contribution < -0.4 is 0 Å². The number of hydrogen-bond donors (Lipinski definition) is 0. The van der Waals surface area contributed by atoms with E-state index >= 15 is 0 Å². The first-order valence-electron chi connectivity index (χ1n) is 7.08. The van der Waals surface area contributed by atoms with E-state index < -0.39 is 21.2 Å². The predicted octanol–water partition coefficient (Wildman–Crippen LogP) is 4.50. The zero-order valence-corrected chi connectivity index (χ0v) is 14.4. The van der Waals surface area contributed by atoms with Gasteiger partial charge in [-0.05, 0) is 11.6 Å². The van der Waals surface area contributed by atoms with E-state index in [0.717, 1.165) is 23.8 Å². The molecule has 0 unspecified atom stereocenters. The molecule has 0 aliphatic heterocycles. The van der Waals surface area contributed by atoms with E-state index in [4.69, 9.17) is 16.0 Å². The number of benzene rings is 2. The molecular weight excluding hydrogens is 384 g/mol. The molecule has 1 heterocycles. The predicted molar refractivity (Wildman–Crippen MR) is 94.1 cm³/mol. The Morgan fingerprint density at radius 1 is 1.04 bits per heavy atom. The Labute approximate surface area is 155 Å². The summed E-state index contributed by atoms with van der Waals surface area (Å²) in [5.41, 5.74) is 0.114. The number of aromatic nitrogens is 2. The van der Waals surface area contributed by atoms with Gasteiger partial charge in [0.15, 0.2) is 0 Å². The lowest BCUT2D eigenvalue weighted by Gasteiger charge is -2.00. The average Bonchev–Trinajstić information content (AvgIpc) is 3.09. The maximum atomic E-state index is 11.0. The SMILES string of the molecule is O=[N+]([O-])c1cc(-c2nnc(SCc3ccccc3Cl)o2)cc([N+](=O)[O-])c1. The topological polar surface area (TPSA) is 125 Å². The molecule has 3 aromatic rings. The molecule has 132 valence electrons. The highest BCUT2D eigenvalue weighted by Gasteiger charge is 2.20. The summed E-state index contributed by atoms with van der Waals surface area (Å²) in [5, 5.41) is 30.4. The third-order valence-electron chi connectivity index (χ3n) is 3.29. The molecule has 1 aromatic heterocycles. The number of hydrogen-bond acceptors (Lipinski definition) is 8. The van der Waals surface area contributed by atoms with Crippen molar-refractivity contribution >= 4 is 34.7 Å². The number of rotatable bonds is 6. The smallest absolute Gasteiger partial charge is 0.277 e. The molecule has 0 fully saturated rings. The Morgan fingerprint density at radius 2 is 1.69 bits per heavy atom. The van der Waals surface area contributed by atoms with E-state index in [2.05, 4.69) is 10.2 Å².